The molecular weight excluding hydrogens is 464 g/mol. The lowest BCUT2D eigenvalue weighted by Gasteiger charge is -2.59. The van der Waals surface area contributed by atoms with Crippen molar-refractivity contribution in [2.75, 3.05) is 26.4 Å². The van der Waals surface area contributed by atoms with E-state index in [0.717, 1.165) is 32.1 Å². The molecule has 4 saturated carbocycles. The second kappa shape index (κ2) is 11.2. The predicted molar refractivity (Wildman–Crippen MR) is 131 cm³/mol. The Morgan fingerprint density at radius 1 is 0.694 bits per heavy atom. The predicted octanol–water partition coefficient (Wildman–Crippen LogP) is 4.17. The van der Waals surface area contributed by atoms with E-state index < -0.39 is 22.8 Å². The van der Waals surface area contributed by atoms with Crippen LogP contribution in [-0.2, 0) is 38.1 Å². The Labute approximate surface area is 213 Å². The minimum absolute atomic E-state index is 0.146. The third-order valence-corrected chi connectivity index (χ3v) is 7.62. The summed E-state index contributed by atoms with van der Waals surface area (Å²) in [7, 11) is 0. The van der Waals surface area contributed by atoms with E-state index in [1.54, 1.807) is 13.8 Å². The zero-order valence-corrected chi connectivity index (χ0v) is 22.1. The largest absolute Gasteiger partial charge is 0.465 e. The third-order valence-electron chi connectivity index (χ3n) is 7.62. The van der Waals surface area contributed by atoms with E-state index in [1.807, 2.05) is 13.8 Å². The van der Waals surface area contributed by atoms with Gasteiger partial charge in [-0.3, -0.25) is 9.59 Å². The summed E-state index contributed by atoms with van der Waals surface area (Å²) in [6, 6.07) is 0. The van der Waals surface area contributed by atoms with Crippen LogP contribution in [0.1, 0.15) is 66.2 Å². The highest BCUT2D eigenvalue weighted by Gasteiger charge is 2.64. The lowest BCUT2D eigenvalue weighted by molar-refractivity contribution is -0.195. The van der Waals surface area contributed by atoms with E-state index in [1.165, 1.54) is 0 Å². The van der Waals surface area contributed by atoms with Crippen molar-refractivity contribution in [3.63, 3.8) is 0 Å². The molecular formula is C28H40O8. The highest BCUT2D eigenvalue weighted by atomic mass is 16.6. The monoisotopic (exact) mass is 504 g/mol. The van der Waals surface area contributed by atoms with Crippen molar-refractivity contribution < 1.29 is 38.1 Å². The Bertz CT molecular complexity index is 835. The van der Waals surface area contributed by atoms with Gasteiger partial charge in [0, 0.05) is 23.0 Å². The standard InChI is InChI=1S/C28H40O8/c1-17(2)23(29)33-12-19(5)14-35-25(31)27-8-21-7-22(9-27)11-28(10-21,16-27)26(32)36-15-20(6)13-34-24(30)18(3)4/h19-22H,1,3,7-16H2,2,4-6H3. The number of esters is 4. The Morgan fingerprint density at radius 3 is 1.36 bits per heavy atom. The number of rotatable bonds is 12. The topological polar surface area (TPSA) is 105 Å². The SMILES string of the molecule is C=C(C)C(=O)OCC(C)COC(=O)C12CC3CC(C1)CC(C(=O)OCC(C)COC(=O)C(=C)C)(C3)C2. The fourth-order valence-corrected chi connectivity index (χ4v) is 6.26. The summed E-state index contributed by atoms with van der Waals surface area (Å²) in [6.45, 7) is 14.6. The first kappa shape index (κ1) is 27.9. The van der Waals surface area contributed by atoms with Crippen molar-refractivity contribution in [2.24, 2.45) is 34.5 Å². The Hall–Kier alpha value is -2.64. The summed E-state index contributed by atoms with van der Waals surface area (Å²) in [6.07, 6.45) is 4.44. The van der Waals surface area contributed by atoms with E-state index in [4.69, 9.17) is 18.9 Å². The lowest BCUT2D eigenvalue weighted by Crippen LogP contribution is -2.58. The average molecular weight is 505 g/mol. The summed E-state index contributed by atoms with van der Waals surface area (Å²) >= 11 is 0. The zero-order chi connectivity index (χ0) is 26.7. The van der Waals surface area contributed by atoms with Crippen LogP contribution in [0.2, 0.25) is 0 Å². The van der Waals surface area contributed by atoms with Gasteiger partial charge >= 0.3 is 23.9 Å². The van der Waals surface area contributed by atoms with Crippen molar-refractivity contribution in [2.45, 2.75) is 66.2 Å². The number of hydrogen-bond acceptors (Lipinski definition) is 8. The van der Waals surface area contributed by atoms with Crippen molar-refractivity contribution in [1.82, 2.24) is 0 Å². The molecule has 4 fully saturated rings. The zero-order valence-electron chi connectivity index (χ0n) is 22.1. The van der Waals surface area contributed by atoms with Crippen molar-refractivity contribution in [3.8, 4) is 0 Å². The molecule has 0 aromatic heterocycles. The molecule has 0 saturated heterocycles. The van der Waals surface area contributed by atoms with Gasteiger partial charge in [-0.05, 0) is 64.2 Å². The fourth-order valence-electron chi connectivity index (χ4n) is 6.26. The van der Waals surface area contributed by atoms with Gasteiger partial charge < -0.3 is 18.9 Å². The lowest BCUT2D eigenvalue weighted by atomic mass is 9.44. The molecule has 0 heterocycles. The Morgan fingerprint density at radius 2 is 1.03 bits per heavy atom. The van der Waals surface area contributed by atoms with Gasteiger partial charge in [-0.15, -0.1) is 0 Å². The van der Waals surface area contributed by atoms with Crippen LogP contribution in [0.3, 0.4) is 0 Å². The van der Waals surface area contributed by atoms with Gasteiger partial charge in [0.2, 0.25) is 0 Å². The van der Waals surface area contributed by atoms with Crippen LogP contribution >= 0.6 is 0 Å². The normalized spacial score (nSPS) is 29.6. The summed E-state index contributed by atoms with van der Waals surface area (Å²) < 4.78 is 21.8. The van der Waals surface area contributed by atoms with Crippen LogP contribution < -0.4 is 0 Å². The maximum Gasteiger partial charge on any atom is 0.333 e. The summed E-state index contributed by atoms with van der Waals surface area (Å²) in [5, 5.41) is 0. The van der Waals surface area contributed by atoms with Gasteiger partial charge in [0.1, 0.15) is 0 Å². The minimum Gasteiger partial charge on any atom is -0.465 e. The Balaban J connectivity index is 1.56. The molecule has 8 nitrogen and oxygen atoms in total. The maximum atomic E-state index is 13.3. The average Bonchev–Trinajstić information content (AvgIpc) is 2.81. The van der Waals surface area contributed by atoms with Crippen molar-refractivity contribution in [3.05, 3.63) is 24.3 Å². The van der Waals surface area contributed by atoms with E-state index in [2.05, 4.69) is 13.2 Å². The molecule has 0 aliphatic heterocycles. The molecule has 0 amide bonds. The first-order valence-electron chi connectivity index (χ1n) is 12.9. The number of hydrogen-bond donors (Lipinski definition) is 0. The minimum atomic E-state index is -0.667. The number of carbonyl (C=O) groups is 4. The van der Waals surface area contributed by atoms with Crippen LogP contribution in [0.5, 0.6) is 0 Å². The number of carbonyl (C=O) groups excluding carboxylic acids is 4. The first-order chi connectivity index (χ1) is 16.9. The van der Waals surface area contributed by atoms with E-state index in [-0.39, 0.29) is 50.2 Å². The molecule has 0 spiro atoms. The van der Waals surface area contributed by atoms with Crippen molar-refractivity contribution >= 4 is 23.9 Å². The van der Waals surface area contributed by atoms with E-state index in [0.29, 0.717) is 29.4 Å². The molecule has 8 heteroatoms. The van der Waals surface area contributed by atoms with Gasteiger partial charge in [-0.2, -0.15) is 0 Å². The van der Waals surface area contributed by atoms with Gasteiger partial charge in [0.15, 0.2) is 0 Å². The van der Waals surface area contributed by atoms with E-state index >= 15 is 0 Å². The second-order valence-corrected chi connectivity index (χ2v) is 11.7. The molecule has 0 aromatic carbocycles. The van der Waals surface area contributed by atoms with Gasteiger partial charge in [0.05, 0.1) is 37.3 Å². The molecule has 36 heavy (non-hydrogen) atoms. The van der Waals surface area contributed by atoms with Gasteiger partial charge in [0.25, 0.3) is 0 Å². The highest BCUT2D eigenvalue weighted by Crippen LogP contribution is 2.66. The maximum absolute atomic E-state index is 13.3. The van der Waals surface area contributed by atoms with Crippen LogP contribution in [-0.4, -0.2) is 50.3 Å². The van der Waals surface area contributed by atoms with Gasteiger partial charge in [-0.1, -0.05) is 27.0 Å². The number of ether oxygens (including phenoxy) is 4. The molecule has 4 aliphatic carbocycles. The van der Waals surface area contributed by atoms with Crippen LogP contribution in [0.4, 0.5) is 0 Å². The molecule has 4 rings (SSSR count). The first-order valence-corrected chi connectivity index (χ1v) is 12.9. The van der Waals surface area contributed by atoms with Gasteiger partial charge in [-0.25, -0.2) is 9.59 Å². The molecule has 4 bridgehead atoms. The molecule has 200 valence electrons. The second-order valence-electron chi connectivity index (χ2n) is 11.7. The molecule has 0 aromatic rings. The van der Waals surface area contributed by atoms with E-state index in [9.17, 15) is 19.2 Å². The quantitative estimate of drug-likeness (QED) is 0.222. The highest BCUT2D eigenvalue weighted by molar-refractivity contribution is 5.87. The molecule has 0 N–H and O–H groups in total. The van der Waals surface area contributed by atoms with Crippen LogP contribution in [0.25, 0.3) is 0 Å². The smallest absolute Gasteiger partial charge is 0.333 e. The molecule has 2 atom stereocenters. The van der Waals surface area contributed by atoms with Crippen LogP contribution in [0.15, 0.2) is 24.3 Å². The molecule has 0 radical (unpaired) electrons. The summed E-state index contributed by atoms with van der Waals surface area (Å²) in [4.78, 5) is 49.9. The summed E-state index contributed by atoms with van der Waals surface area (Å²) in [5.41, 5.74) is -0.681. The third kappa shape index (κ3) is 6.37. The molecule has 4 aliphatic rings. The van der Waals surface area contributed by atoms with Crippen LogP contribution in [0, 0.1) is 34.5 Å². The fraction of sp³-hybridized carbons (Fsp3) is 0.714. The Kier molecular flexibility index (Phi) is 8.67. The summed E-state index contributed by atoms with van der Waals surface area (Å²) in [5.74, 6) is -1.13. The van der Waals surface area contributed by atoms with Crippen molar-refractivity contribution in [1.29, 1.82) is 0 Å². The molecule has 2 unspecified atom stereocenters.